The molecular formula is C22H28N2O6. The maximum atomic E-state index is 12.5. The van der Waals surface area contributed by atoms with Crippen molar-refractivity contribution in [2.45, 2.75) is 66.0 Å². The van der Waals surface area contributed by atoms with Gasteiger partial charge in [0.1, 0.15) is 11.2 Å². The fraction of sp³-hybridized carbons (Fsp3) is 0.455. The van der Waals surface area contributed by atoms with E-state index >= 15 is 0 Å². The molecule has 0 fully saturated rings. The van der Waals surface area contributed by atoms with Gasteiger partial charge in [-0.25, -0.2) is 19.6 Å². The maximum absolute atomic E-state index is 12.5. The molecule has 8 heteroatoms. The Balaban J connectivity index is 2.54. The van der Waals surface area contributed by atoms with E-state index < -0.39 is 36.4 Å². The summed E-state index contributed by atoms with van der Waals surface area (Å²) in [6.07, 6.45) is 0. The number of hydrogen-bond donors (Lipinski definition) is 2. The zero-order chi connectivity index (χ0) is 22.7. The average Bonchev–Trinajstić information content (AvgIpc) is 2.64. The first kappa shape index (κ1) is 23.4. The lowest BCUT2D eigenvalue weighted by molar-refractivity contribution is 0.00564. The second-order valence-electron chi connectivity index (χ2n) is 8.78. The average molecular weight is 416 g/mol. The molecule has 0 aromatic carbocycles. The van der Waals surface area contributed by atoms with E-state index in [2.05, 4.69) is 9.97 Å². The van der Waals surface area contributed by atoms with E-state index in [9.17, 15) is 19.8 Å². The standard InChI is InChI=1S/C22H28N2O6/c1-21(2,3)29-19(27)13-7-15(11-25)23-17(9-13)18-10-14(8-16(12-26)24-18)20(28)30-22(4,5)6/h7-10,25-26H,11-12H2,1-6H3. The summed E-state index contributed by atoms with van der Waals surface area (Å²) in [7, 11) is 0. The monoisotopic (exact) mass is 416 g/mol. The SMILES string of the molecule is CC(C)(C)OC(=O)c1cc(CO)nc(-c2cc(C(=O)OC(C)(C)C)cc(CO)n2)c1. The molecular weight excluding hydrogens is 388 g/mol. The van der Waals surface area contributed by atoms with Crippen LogP contribution in [0.5, 0.6) is 0 Å². The van der Waals surface area contributed by atoms with Crippen molar-refractivity contribution in [1.29, 1.82) is 0 Å². The van der Waals surface area contributed by atoms with Crippen LogP contribution in [0, 0.1) is 0 Å². The summed E-state index contributed by atoms with van der Waals surface area (Å²) in [5.74, 6) is -1.15. The number of rotatable bonds is 5. The highest BCUT2D eigenvalue weighted by Gasteiger charge is 2.22. The van der Waals surface area contributed by atoms with Gasteiger partial charge in [0.25, 0.3) is 0 Å². The first-order valence-electron chi connectivity index (χ1n) is 9.52. The molecule has 0 aliphatic carbocycles. The zero-order valence-electron chi connectivity index (χ0n) is 18.1. The van der Waals surface area contributed by atoms with Crippen molar-refractivity contribution in [2.75, 3.05) is 0 Å². The normalized spacial score (nSPS) is 11.9. The lowest BCUT2D eigenvalue weighted by atomic mass is 10.1. The Morgan fingerprint density at radius 3 is 1.33 bits per heavy atom. The highest BCUT2D eigenvalue weighted by Crippen LogP contribution is 2.23. The van der Waals surface area contributed by atoms with Gasteiger partial charge in [0.2, 0.25) is 0 Å². The van der Waals surface area contributed by atoms with E-state index in [1.807, 2.05) is 0 Å². The van der Waals surface area contributed by atoms with E-state index in [1.165, 1.54) is 24.3 Å². The molecule has 0 unspecified atom stereocenters. The summed E-state index contributed by atoms with van der Waals surface area (Å²) in [5, 5.41) is 19.1. The lowest BCUT2D eigenvalue weighted by Gasteiger charge is -2.20. The first-order chi connectivity index (χ1) is 13.8. The largest absolute Gasteiger partial charge is 0.456 e. The number of esters is 2. The van der Waals surface area contributed by atoms with Crippen LogP contribution in [0.2, 0.25) is 0 Å². The molecule has 0 amide bonds. The molecule has 162 valence electrons. The zero-order valence-corrected chi connectivity index (χ0v) is 18.1. The fourth-order valence-corrected chi connectivity index (χ4v) is 2.51. The topological polar surface area (TPSA) is 119 Å². The van der Waals surface area contributed by atoms with Crippen molar-refractivity contribution in [3.8, 4) is 11.4 Å². The van der Waals surface area contributed by atoms with Crippen LogP contribution < -0.4 is 0 Å². The number of ether oxygens (including phenoxy) is 2. The molecule has 0 spiro atoms. The highest BCUT2D eigenvalue weighted by molar-refractivity contribution is 5.92. The molecule has 0 aliphatic heterocycles. The number of pyridine rings is 2. The molecule has 2 heterocycles. The molecule has 0 radical (unpaired) electrons. The third kappa shape index (κ3) is 6.60. The van der Waals surface area contributed by atoms with Gasteiger partial charge in [0, 0.05) is 0 Å². The van der Waals surface area contributed by atoms with E-state index in [1.54, 1.807) is 41.5 Å². The number of carbonyl (C=O) groups is 2. The second kappa shape index (κ2) is 8.89. The number of aromatic nitrogens is 2. The molecule has 2 rings (SSSR count). The molecule has 30 heavy (non-hydrogen) atoms. The van der Waals surface area contributed by atoms with Crippen molar-refractivity contribution < 1.29 is 29.3 Å². The summed E-state index contributed by atoms with van der Waals surface area (Å²) in [6, 6.07) is 5.80. The number of aliphatic hydroxyl groups is 2. The molecule has 8 nitrogen and oxygen atoms in total. The summed E-state index contributed by atoms with van der Waals surface area (Å²) < 4.78 is 10.8. The molecule has 0 aliphatic rings. The Kier molecular flexibility index (Phi) is 6.95. The fourth-order valence-electron chi connectivity index (χ4n) is 2.51. The second-order valence-corrected chi connectivity index (χ2v) is 8.78. The Hall–Kier alpha value is -2.84. The van der Waals surface area contributed by atoms with Crippen LogP contribution in [0.1, 0.15) is 73.6 Å². The smallest absolute Gasteiger partial charge is 0.338 e. The van der Waals surface area contributed by atoms with Crippen LogP contribution in [0.15, 0.2) is 24.3 Å². The predicted octanol–water partition coefficient (Wildman–Crippen LogP) is 3.04. The van der Waals surface area contributed by atoms with E-state index in [0.29, 0.717) is 0 Å². The summed E-state index contributed by atoms with van der Waals surface area (Å²) >= 11 is 0. The molecule has 0 atom stereocenters. The number of carbonyl (C=O) groups excluding carboxylic acids is 2. The van der Waals surface area contributed by atoms with Crippen LogP contribution >= 0.6 is 0 Å². The number of nitrogens with zero attached hydrogens (tertiary/aromatic N) is 2. The third-order valence-corrected chi connectivity index (χ3v) is 3.61. The number of aliphatic hydroxyl groups excluding tert-OH is 2. The van der Waals surface area contributed by atoms with E-state index in [0.717, 1.165) is 0 Å². The van der Waals surface area contributed by atoms with Gasteiger partial charge >= 0.3 is 11.9 Å². The predicted molar refractivity (Wildman–Crippen MR) is 110 cm³/mol. The first-order valence-corrected chi connectivity index (χ1v) is 9.52. The van der Waals surface area contributed by atoms with Crippen molar-refractivity contribution in [2.24, 2.45) is 0 Å². The van der Waals surface area contributed by atoms with Gasteiger partial charge in [0.05, 0.1) is 47.1 Å². The molecule has 0 bridgehead atoms. The van der Waals surface area contributed by atoms with Crippen LogP contribution in [0.4, 0.5) is 0 Å². The van der Waals surface area contributed by atoms with Gasteiger partial charge in [-0.3, -0.25) is 0 Å². The van der Waals surface area contributed by atoms with E-state index in [-0.39, 0.29) is 33.9 Å². The van der Waals surface area contributed by atoms with E-state index in [4.69, 9.17) is 9.47 Å². The van der Waals surface area contributed by atoms with Crippen molar-refractivity contribution in [1.82, 2.24) is 9.97 Å². The Bertz CT molecular complexity index is 864. The van der Waals surface area contributed by atoms with Crippen LogP contribution in [0.3, 0.4) is 0 Å². The molecule has 2 N–H and O–H groups in total. The van der Waals surface area contributed by atoms with Crippen molar-refractivity contribution in [3.63, 3.8) is 0 Å². The summed E-state index contributed by atoms with van der Waals surface area (Å²) in [5.41, 5.74) is -0.0303. The van der Waals surface area contributed by atoms with Gasteiger partial charge in [-0.05, 0) is 65.8 Å². The summed E-state index contributed by atoms with van der Waals surface area (Å²) in [6.45, 7) is 9.69. The minimum atomic E-state index is -0.696. The van der Waals surface area contributed by atoms with Crippen LogP contribution in [0.25, 0.3) is 11.4 Å². The van der Waals surface area contributed by atoms with Gasteiger partial charge < -0.3 is 19.7 Å². The van der Waals surface area contributed by atoms with Crippen LogP contribution in [-0.4, -0.2) is 43.3 Å². The number of hydrogen-bond acceptors (Lipinski definition) is 8. The quantitative estimate of drug-likeness (QED) is 0.714. The highest BCUT2D eigenvalue weighted by atomic mass is 16.6. The Labute approximate surface area is 175 Å². The maximum Gasteiger partial charge on any atom is 0.338 e. The minimum absolute atomic E-state index is 0.189. The summed E-state index contributed by atoms with van der Waals surface area (Å²) in [4.78, 5) is 33.6. The Morgan fingerprint density at radius 1 is 0.733 bits per heavy atom. The van der Waals surface area contributed by atoms with Crippen molar-refractivity contribution >= 4 is 11.9 Å². The van der Waals surface area contributed by atoms with Crippen LogP contribution in [-0.2, 0) is 22.7 Å². The van der Waals surface area contributed by atoms with Crippen molar-refractivity contribution in [3.05, 3.63) is 46.8 Å². The lowest BCUT2D eigenvalue weighted by Crippen LogP contribution is -2.24. The molecule has 0 saturated heterocycles. The van der Waals surface area contributed by atoms with Gasteiger partial charge in [-0.2, -0.15) is 0 Å². The minimum Gasteiger partial charge on any atom is -0.456 e. The Morgan fingerprint density at radius 2 is 1.07 bits per heavy atom. The molecule has 2 aromatic heterocycles. The molecule has 2 aromatic rings. The third-order valence-electron chi connectivity index (χ3n) is 3.61. The molecule has 0 saturated carbocycles. The van der Waals surface area contributed by atoms with Gasteiger partial charge in [-0.1, -0.05) is 0 Å². The van der Waals surface area contributed by atoms with Gasteiger partial charge in [0.15, 0.2) is 0 Å². The van der Waals surface area contributed by atoms with Gasteiger partial charge in [-0.15, -0.1) is 0 Å².